The number of aromatic nitrogens is 2. The monoisotopic (exact) mass is 145 g/mol. The molecule has 0 bridgehead atoms. The fraction of sp³-hybridized carbons (Fsp3) is 0.125. The van der Waals surface area contributed by atoms with Gasteiger partial charge >= 0.3 is 0 Å². The van der Waals surface area contributed by atoms with Gasteiger partial charge in [0.1, 0.15) is 0 Å². The second kappa shape index (κ2) is 2.62. The van der Waals surface area contributed by atoms with Crippen LogP contribution in [0, 0.1) is 0 Å². The molecule has 0 N–H and O–H groups in total. The van der Waals surface area contributed by atoms with E-state index in [1.54, 1.807) is 18.6 Å². The Kier molecular flexibility index (Phi) is 1.48. The van der Waals surface area contributed by atoms with Crippen molar-refractivity contribution >= 4 is 18.5 Å². The van der Waals surface area contributed by atoms with Crippen molar-refractivity contribution < 1.29 is 0 Å². The van der Waals surface area contributed by atoms with Gasteiger partial charge in [-0.05, 0) is 0 Å². The summed E-state index contributed by atoms with van der Waals surface area (Å²) in [5, 5.41) is 9.69. The summed E-state index contributed by atoms with van der Waals surface area (Å²) in [5.41, 5.74) is 0. The highest BCUT2D eigenvalue weighted by Gasteiger charge is 1.86. The number of fused-ring (bicyclic) bond motifs is 1. The minimum absolute atomic E-state index is 0.870. The van der Waals surface area contributed by atoms with Gasteiger partial charge in [0.2, 0.25) is 0 Å². The largest absolute Gasteiger partial charge is 0.268 e. The van der Waals surface area contributed by atoms with Gasteiger partial charge < -0.3 is 0 Å². The first-order valence-corrected chi connectivity index (χ1v) is 3.45. The van der Waals surface area contributed by atoms with E-state index in [0.29, 0.717) is 0 Å². The maximum atomic E-state index is 4.06. The van der Waals surface area contributed by atoms with Gasteiger partial charge in [0.05, 0.1) is 12.4 Å². The fourth-order valence-corrected chi connectivity index (χ4v) is 0.992. The minimum atomic E-state index is 0.870. The lowest BCUT2D eigenvalue weighted by Gasteiger charge is -1.82. The molecule has 2 heterocycles. The summed E-state index contributed by atoms with van der Waals surface area (Å²) in [6.07, 6.45) is 10.1. The van der Waals surface area contributed by atoms with E-state index in [1.165, 1.54) is 0 Å². The maximum Gasteiger partial charge on any atom is 0.0590 e. The van der Waals surface area contributed by atoms with Crippen LogP contribution in [0.15, 0.2) is 17.4 Å². The Hall–Kier alpha value is -1.51. The summed E-state index contributed by atoms with van der Waals surface area (Å²) in [5.74, 6) is 0. The third-order valence-electron chi connectivity index (χ3n) is 1.56. The first-order valence-electron chi connectivity index (χ1n) is 3.45. The molecule has 1 aromatic rings. The van der Waals surface area contributed by atoms with Crippen LogP contribution in [-0.4, -0.2) is 16.4 Å². The molecule has 0 saturated carbocycles. The molecule has 11 heavy (non-hydrogen) atoms. The van der Waals surface area contributed by atoms with Crippen molar-refractivity contribution in [2.24, 2.45) is 4.99 Å². The predicted octanol–water partition coefficient (Wildman–Crippen LogP) is -0.530. The highest BCUT2D eigenvalue weighted by atomic mass is 15.1. The Morgan fingerprint density at radius 2 is 1.91 bits per heavy atom. The molecule has 2 rings (SSSR count). The molecule has 3 heteroatoms. The molecule has 1 aliphatic heterocycles. The number of aliphatic imine (C=N–C) groups is 1. The van der Waals surface area contributed by atoms with Gasteiger partial charge in [-0.3, -0.25) is 4.99 Å². The van der Waals surface area contributed by atoms with Crippen LogP contribution in [0.5, 0.6) is 0 Å². The second-order valence-electron chi connectivity index (χ2n) is 2.30. The minimum Gasteiger partial charge on any atom is -0.268 e. The van der Waals surface area contributed by atoms with Crippen LogP contribution in [0.1, 0.15) is 6.42 Å². The molecule has 3 nitrogen and oxygen atoms in total. The van der Waals surface area contributed by atoms with Crippen molar-refractivity contribution in [2.45, 2.75) is 6.42 Å². The summed E-state index contributed by atoms with van der Waals surface area (Å²) >= 11 is 0. The van der Waals surface area contributed by atoms with Gasteiger partial charge in [-0.25, -0.2) is 0 Å². The third kappa shape index (κ3) is 1.17. The van der Waals surface area contributed by atoms with Gasteiger partial charge in [0, 0.05) is 29.3 Å². The van der Waals surface area contributed by atoms with Crippen LogP contribution >= 0.6 is 0 Å². The first-order chi connectivity index (χ1) is 5.47. The second-order valence-corrected chi connectivity index (χ2v) is 2.30. The SMILES string of the molecule is C1=NC=c2cnncc2=CC1. The number of hydrogen-bond acceptors (Lipinski definition) is 3. The highest BCUT2D eigenvalue weighted by molar-refractivity contribution is 5.68. The Balaban J connectivity index is 2.81. The molecule has 54 valence electrons. The lowest BCUT2D eigenvalue weighted by atomic mass is 10.3. The van der Waals surface area contributed by atoms with E-state index in [-0.39, 0.29) is 0 Å². The average Bonchev–Trinajstić information content (AvgIpc) is 2.28. The van der Waals surface area contributed by atoms with E-state index in [2.05, 4.69) is 21.3 Å². The Labute approximate surface area is 63.8 Å². The molecule has 1 aromatic heterocycles. The molecule has 0 saturated heterocycles. The van der Waals surface area contributed by atoms with Crippen molar-refractivity contribution in [3.8, 4) is 0 Å². The van der Waals surface area contributed by atoms with Crippen LogP contribution in [0.2, 0.25) is 0 Å². The molecule has 0 unspecified atom stereocenters. The molecule has 1 aliphatic rings. The van der Waals surface area contributed by atoms with Gasteiger partial charge in [0.15, 0.2) is 0 Å². The number of rotatable bonds is 0. The molecular formula is C8H7N3. The van der Waals surface area contributed by atoms with E-state index in [4.69, 9.17) is 0 Å². The molecular weight excluding hydrogens is 138 g/mol. The smallest absolute Gasteiger partial charge is 0.0590 e. The lowest BCUT2D eigenvalue weighted by molar-refractivity contribution is 1.01. The first kappa shape index (κ1) is 6.22. The lowest BCUT2D eigenvalue weighted by Crippen LogP contribution is -2.24. The third-order valence-corrected chi connectivity index (χ3v) is 1.56. The average molecular weight is 145 g/mol. The van der Waals surface area contributed by atoms with Crippen molar-refractivity contribution in [2.75, 3.05) is 0 Å². The van der Waals surface area contributed by atoms with Gasteiger partial charge in [-0.15, -0.1) is 0 Å². The zero-order chi connectivity index (χ0) is 7.52. The van der Waals surface area contributed by atoms with Crippen LogP contribution in [0.3, 0.4) is 0 Å². The number of hydrogen-bond donors (Lipinski definition) is 0. The standard InChI is InChI=1S/C8H7N3/c1-2-7-5-10-11-6-8(7)4-9-3-1/h2-6H,1H2. The van der Waals surface area contributed by atoms with Crippen molar-refractivity contribution in [3.05, 3.63) is 22.8 Å². The van der Waals surface area contributed by atoms with Gasteiger partial charge in [0.25, 0.3) is 0 Å². The summed E-state index contributed by atoms with van der Waals surface area (Å²) in [6, 6.07) is 0. The zero-order valence-electron chi connectivity index (χ0n) is 5.94. The Morgan fingerprint density at radius 1 is 1.09 bits per heavy atom. The summed E-state index contributed by atoms with van der Waals surface area (Å²) in [7, 11) is 0. The zero-order valence-corrected chi connectivity index (χ0v) is 5.94. The maximum absolute atomic E-state index is 4.06. The summed E-state index contributed by atoms with van der Waals surface area (Å²) in [6.45, 7) is 0. The van der Waals surface area contributed by atoms with Gasteiger partial charge in [-0.1, -0.05) is 6.08 Å². The topological polar surface area (TPSA) is 38.1 Å². The van der Waals surface area contributed by atoms with E-state index < -0.39 is 0 Å². The van der Waals surface area contributed by atoms with Crippen molar-refractivity contribution in [1.82, 2.24) is 10.2 Å². The molecule has 0 spiro atoms. The molecule has 0 radical (unpaired) electrons. The van der Waals surface area contributed by atoms with E-state index in [0.717, 1.165) is 16.9 Å². The number of nitrogens with zero attached hydrogens (tertiary/aromatic N) is 3. The van der Waals surface area contributed by atoms with E-state index in [1.807, 2.05) is 6.21 Å². The molecule has 0 amide bonds. The van der Waals surface area contributed by atoms with Crippen LogP contribution < -0.4 is 10.4 Å². The van der Waals surface area contributed by atoms with Crippen molar-refractivity contribution in [1.29, 1.82) is 0 Å². The molecule has 0 atom stereocenters. The predicted molar refractivity (Wildman–Crippen MR) is 43.3 cm³/mol. The summed E-state index contributed by atoms with van der Waals surface area (Å²) < 4.78 is 0. The van der Waals surface area contributed by atoms with Crippen LogP contribution in [-0.2, 0) is 0 Å². The molecule has 0 aliphatic carbocycles. The van der Waals surface area contributed by atoms with Crippen LogP contribution in [0.4, 0.5) is 0 Å². The highest BCUT2D eigenvalue weighted by Crippen LogP contribution is 1.79. The quantitative estimate of drug-likeness (QED) is 0.492. The van der Waals surface area contributed by atoms with Gasteiger partial charge in [-0.2, -0.15) is 10.2 Å². The normalized spacial score (nSPS) is 14.2. The molecule has 0 fully saturated rings. The van der Waals surface area contributed by atoms with Crippen molar-refractivity contribution in [3.63, 3.8) is 0 Å². The Morgan fingerprint density at radius 3 is 2.82 bits per heavy atom. The van der Waals surface area contributed by atoms with E-state index in [9.17, 15) is 0 Å². The van der Waals surface area contributed by atoms with E-state index >= 15 is 0 Å². The molecule has 0 aromatic carbocycles. The van der Waals surface area contributed by atoms with Crippen LogP contribution in [0.25, 0.3) is 12.3 Å². The summed E-state index contributed by atoms with van der Waals surface area (Å²) in [4.78, 5) is 4.06. The Bertz CT molecular complexity index is 392. The fourth-order valence-electron chi connectivity index (χ4n) is 0.992.